The number of fused-ring (bicyclic) bond motifs is 1. The average Bonchev–Trinajstić information content (AvgIpc) is 3.35. The Morgan fingerprint density at radius 1 is 1.05 bits per heavy atom. The fourth-order valence-electron chi connectivity index (χ4n) is 4.75. The predicted molar refractivity (Wildman–Crippen MR) is 150 cm³/mol. The molecule has 10 heteroatoms. The van der Waals surface area contributed by atoms with Gasteiger partial charge < -0.3 is 15.0 Å². The Balaban J connectivity index is 1.35. The summed E-state index contributed by atoms with van der Waals surface area (Å²) >= 11 is 0. The highest BCUT2D eigenvalue weighted by Gasteiger charge is 2.20. The standard InChI is InChI=1S/C28H34N6O3S/c1-19-13-15-34(16-14-19)18-20-5-9-22(10-6-20)30-28-31-26-25(27(32-28)37-4)24(17-29-26)21-7-11-23(12-8-21)38(35,36)33(2)3/h5-12,17,19H,13-16,18H2,1-4H3,(H2,29,30,31,32). The molecule has 38 heavy (non-hydrogen) atoms. The van der Waals surface area contributed by atoms with Crippen LogP contribution in [0.15, 0.2) is 59.6 Å². The molecule has 1 fully saturated rings. The van der Waals surface area contributed by atoms with Gasteiger partial charge in [0.1, 0.15) is 5.65 Å². The number of likely N-dealkylation sites (tertiary alicyclic amines) is 1. The molecular weight excluding hydrogens is 500 g/mol. The van der Waals surface area contributed by atoms with Crippen LogP contribution < -0.4 is 10.1 Å². The molecule has 0 atom stereocenters. The van der Waals surface area contributed by atoms with Crippen LogP contribution in [0.1, 0.15) is 25.3 Å². The lowest BCUT2D eigenvalue weighted by Crippen LogP contribution is -2.32. The summed E-state index contributed by atoms with van der Waals surface area (Å²) in [5.74, 6) is 1.68. The Labute approximate surface area is 223 Å². The van der Waals surface area contributed by atoms with E-state index in [1.807, 2.05) is 18.3 Å². The molecule has 1 aliphatic heterocycles. The van der Waals surface area contributed by atoms with E-state index in [0.29, 0.717) is 17.5 Å². The van der Waals surface area contributed by atoms with Crippen molar-refractivity contribution in [2.75, 3.05) is 39.6 Å². The quantitative estimate of drug-likeness (QED) is 0.333. The summed E-state index contributed by atoms with van der Waals surface area (Å²) in [6.45, 7) is 5.62. The molecule has 2 N–H and O–H groups in total. The Hall–Kier alpha value is -3.47. The first-order valence-corrected chi connectivity index (χ1v) is 14.2. The number of H-pyrrole nitrogens is 1. The summed E-state index contributed by atoms with van der Waals surface area (Å²) in [5.41, 5.74) is 4.46. The maximum absolute atomic E-state index is 12.4. The summed E-state index contributed by atoms with van der Waals surface area (Å²) < 4.78 is 31.7. The topological polar surface area (TPSA) is 103 Å². The van der Waals surface area contributed by atoms with Crippen molar-refractivity contribution >= 4 is 32.7 Å². The molecule has 0 saturated carbocycles. The number of nitrogens with zero attached hydrogens (tertiary/aromatic N) is 4. The Morgan fingerprint density at radius 3 is 2.37 bits per heavy atom. The molecule has 9 nitrogen and oxygen atoms in total. The molecule has 2 aromatic carbocycles. The van der Waals surface area contributed by atoms with Crippen LogP contribution in [0.2, 0.25) is 0 Å². The van der Waals surface area contributed by atoms with Gasteiger partial charge in [-0.3, -0.25) is 4.90 Å². The number of rotatable bonds is 8. The highest BCUT2D eigenvalue weighted by atomic mass is 32.2. The minimum Gasteiger partial charge on any atom is -0.480 e. The Bertz CT molecular complexity index is 1510. The third-order valence-electron chi connectivity index (χ3n) is 7.13. The summed E-state index contributed by atoms with van der Waals surface area (Å²) in [7, 11) is 1.10. The van der Waals surface area contributed by atoms with Crippen LogP contribution in [0.5, 0.6) is 5.88 Å². The van der Waals surface area contributed by atoms with Crippen molar-refractivity contribution in [2.24, 2.45) is 5.92 Å². The summed E-state index contributed by atoms with van der Waals surface area (Å²) in [4.78, 5) is 15.2. The van der Waals surface area contributed by atoms with E-state index in [-0.39, 0.29) is 4.90 Å². The second-order valence-electron chi connectivity index (χ2n) is 10.1. The lowest BCUT2D eigenvalue weighted by molar-refractivity contribution is 0.185. The zero-order chi connectivity index (χ0) is 26.9. The van der Waals surface area contributed by atoms with Crippen LogP contribution in [0.4, 0.5) is 11.6 Å². The van der Waals surface area contributed by atoms with Crippen molar-refractivity contribution in [2.45, 2.75) is 31.2 Å². The van der Waals surface area contributed by atoms with Gasteiger partial charge in [-0.05, 0) is 67.2 Å². The number of aromatic nitrogens is 3. The maximum atomic E-state index is 12.4. The van der Waals surface area contributed by atoms with E-state index in [2.05, 4.69) is 44.2 Å². The zero-order valence-corrected chi connectivity index (χ0v) is 23.0. The van der Waals surface area contributed by atoms with E-state index in [0.717, 1.165) is 47.8 Å². The zero-order valence-electron chi connectivity index (χ0n) is 22.2. The van der Waals surface area contributed by atoms with E-state index < -0.39 is 10.0 Å². The van der Waals surface area contributed by atoms with E-state index in [1.54, 1.807) is 31.4 Å². The third kappa shape index (κ3) is 5.38. The largest absolute Gasteiger partial charge is 0.480 e. The van der Waals surface area contributed by atoms with Crippen LogP contribution in [-0.2, 0) is 16.6 Å². The average molecular weight is 535 g/mol. The van der Waals surface area contributed by atoms with Gasteiger partial charge in [-0.1, -0.05) is 31.2 Å². The monoisotopic (exact) mass is 534 g/mol. The van der Waals surface area contributed by atoms with E-state index in [1.165, 1.54) is 36.8 Å². The SMILES string of the molecule is COc1nc(Nc2ccc(CN3CCC(C)CC3)cc2)nc2[nH]cc(-c3ccc(S(=O)(=O)N(C)C)cc3)c12. The number of aromatic amines is 1. The van der Waals surface area contributed by atoms with Gasteiger partial charge in [0.05, 0.1) is 17.4 Å². The van der Waals surface area contributed by atoms with Crippen molar-refractivity contribution in [3.63, 3.8) is 0 Å². The van der Waals surface area contributed by atoms with Crippen LogP contribution in [0.25, 0.3) is 22.2 Å². The number of sulfonamides is 1. The minimum absolute atomic E-state index is 0.234. The molecule has 0 aliphatic carbocycles. The number of hydrogen-bond donors (Lipinski definition) is 2. The van der Waals surface area contributed by atoms with Crippen LogP contribution in [-0.4, -0.2) is 66.9 Å². The Kier molecular flexibility index (Phi) is 7.38. The fraction of sp³-hybridized carbons (Fsp3) is 0.357. The molecular formula is C28H34N6O3S. The second-order valence-corrected chi connectivity index (χ2v) is 12.2. The molecule has 1 aliphatic rings. The van der Waals surface area contributed by atoms with E-state index >= 15 is 0 Å². The summed E-state index contributed by atoms with van der Waals surface area (Å²) in [5, 5.41) is 4.01. The highest BCUT2D eigenvalue weighted by molar-refractivity contribution is 7.89. The molecule has 5 rings (SSSR count). The van der Waals surface area contributed by atoms with Crippen LogP contribution in [0, 0.1) is 5.92 Å². The first-order valence-electron chi connectivity index (χ1n) is 12.8. The summed E-state index contributed by atoms with van der Waals surface area (Å²) in [6.07, 6.45) is 4.37. The van der Waals surface area contributed by atoms with Crippen molar-refractivity contribution in [3.05, 3.63) is 60.3 Å². The maximum Gasteiger partial charge on any atom is 0.242 e. The van der Waals surface area contributed by atoms with Gasteiger partial charge in [0.2, 0.25) is 21.9 Å². The lowest BCUT2D eigenvalue weighted by atomic mass is 9.99. The molecule has 2 aromatic heterocycles. The lowest BCUT2D eigenvalue weighted by Gasteiger charge is -2.30. The minimum atomic E-state index is -3.50. The van der Waals surface area contributed by atoms with Gasteiger partial charge in [-0.25, -0.2) is 12.7 Å². The molecule has 0 amide bonds. The fourth-order valence-corrected chi connectivity index (χ4v) is 5.65. The molecule has 200 valence electrons. The molecule has 0 radical (unpaired) electrons. The van der Waals surface area contributed by atoms with Crippen LogP contribution >= 0.6 is 0 Å². The molecule has 0 spiro atoms. The van der Waals surface area contributed by atoms with E-state index in [9.17, 15) is 8.42 Å². The number of nitrogens with one attached hydrogen (secondary N) is 2. The normalized spacial score (nSPS) is 15.3. The highest BCUT2D eigenvalue weighted by Crippen LogP contribution is 2.35. The molecule has 4 aromatic rings. The van der Waals surface area contributed by atoms with Crippen molar-refractivity contribution in [1.82, 2.24) is 24.2 Å². The smallest absolute Gasteiger partial charge is 0.242 e. The van der Waals surface area contributed by atoms with Crippen LogP contribution in [0.3, 0.4) is 0 Å². The summed E-state index contributed by atoms with van der Waals surface area (Å²) in [6, 6.07) is 15.1. The van der Waals surface area contributed by atoms with Gasteiger partial charge in [0.25, 0.3) is 0 Å². The number of ether oxygens (including phenoxy) is 1. The molecule has 3 heterocycles. The number of benzene rings is 2. The molecule has 1 saturated heterocycles. The number of anilines is 2. The van der Waals surface area contributed by atoms with Gasteiger partial charge in [0, 0.05) is 38.1 Å². The molecule has 0 unspecified atom stereocenters. The number of hydrogen-bond acceptors (Lipinski definition) is 7. The predicted octanol–water partition coefficient (Wildman–Crippen LogP) is 4.86. The first-order chi connectivity index (χ1) is 18.2. The third-order valence-corrected chi connectivity index (χ3v) is 8.96. The van der Waals surface area contributed by atoms with Gasteiger partial charge in [-0.2, -0.15) is 9.97 Å². The van der Waals surface area contributed by atoms with Crippen molar-refractivity contribution in [3.8, 4) is 17.0 Å². The van der Waals surface area contributed by atoms with Gasteiger partial charge in [0.15, 0.2) is 0 Å². The van der Waals surface area contributed by atoms with Gasteiger partial charge >= 0.3 is 0 Å². The first kappa shape index (κ1) is 26.1. The van der Waals surface area contributed by atoms with Crippen molar-refractivity contribution in [1.29, 1.82) is 0 Å². The Morgan fingerprint density at radius 2 is 1.74 bits per heavy atom. The second kappa shape index (κ2) is 10.7. The van der Waals surface area contributed by atoms with Gasteiger partial charge in [-0.15, -0.1) is 0 Å². The molecule has 0 bridgehead atoms. The van der Waals surface area contributed by atoms with E-state index in [4.69, 9.17) is 4.74 Å². The van der Waals surface area contributed by atoms with Crippen molar-refractivity contribution < 1.29 is 13.2 Å². The number of methoxy groups -OCH3 is 1. The number of piperidine rings is 1.